The minimum absolute atomic E-state index is 0.412. The number of rotatable bonds is 3. The Balaban J connectivity index is 3.08. The van der Waals surface area contributed by atoms with Gasteiger partial charge in [0.1, 0.15) is 0 Å². The second kappa shape index (κ2) is 5.77. The predicted molar refractivity (Wildman–Crippen MR) is 71.3 cm³/mol. The Morgan fingerprint density at radius 2 is 1.94 bits per heavy atom. The van der Waals surface area contributed by atoms with Crippen LogP contribution in [0, 0.1) is 20.8 Å². The molecule has 1 aromatic carbocycles. The average molecular weight is 342 g/mol. The minimum atomic E-state index is -1.26. The second-order valence-corrected chi connectivity index (χ2v) is 4.80. The summed E-state index contributed by atoms with van der Waals surface area (Å²) in [5.41, 5.74) is 0.412. The summed E-state index contributed by atoms with van der Waals surface area (Å²) in [6.45, 7) is 0. The lowest BCUT2D eigenvalue weighted by atomic mass is 9.98. The van der Waals surface area contributed by atoms with Gasteiger partial charge in [-0.05, 0) is 28.7 Å². The van der Waals surface area contributed by atoms with E-state index in [-0.39, 0.29) is 0 Å². The lowest BCUT2D eigenvalue weighted by Gasteiger charge is -2.14. The third-order valence-corrected chi connectivity index (χ3v) is 3.16. The lowest BCUT2D eigenvalue weighted by Crippen LogP contribution is -2.34. The number of Topliss-reactive ketones (excluding diaryl/α,β-unsaturated/α-hetero) is 1. The van der Waals surface area contributed by atoms with Crippen LogP contribution in [0.2, 0.25) is 0 Å². The Kier molecular flexibility index (Phi) is 4.63. The monoisotopic (exact) mass is 342 g/mol. The van der Waals surface area contributed by atoms with Crippen LogP contribution >= 0.6 is 22.6 Å². The van der Waals surface area contributed by atoms with E-state index >= 15 is 0 Å². The molecule has 0 fully saturated rings. The van der Waals surface area contributed by atoms with Gasteiger partial charge < -0.3 is 4.90 Å². The van der Waals surface area contributed by atoms with Crippen molar-refractivity contribution >= 4 is 34.3 Å². The Morgan fingerprint density at radius 3 is 2.41 bits per heavy atom. The fourth-order valence-electron chi connectivity index (χ4n) is 1.30. The molecular weight excluding hydrogens is 331 g/mol. The first-order valence-electron chi connectivity index (χ1n) is 4.88. The highest BCUT2D eigenvalue weighted by Gasteiger charge is 2.29. The fourth-order valence-corrected chi connectivity index (χ4v) is 1.95. The zero-order valence-corrected chi connectivity index (χ0v) is 11.6. The number of hydrogen-bond acceptors (Lipinski definition) is 3. The van der Waals surface area contributed by atoms with Gasteiger partial charge in [-0.3, -0.25) is 9.59 Å². The zero-order valence-electron chi connectivity index (χ0n) is 9.48. The van der Waals surface area contributed by atoms with Gasteiger partial charge in [-0.25, -0.2) is 0 Å². The highest BCUT2D eigenvalue weighted by atomic mass is 127. The van der Waals surface area contributed by atoms with Crippen LogP contribution in [0.5, 0.6) is 0 Å². The molecule has 17 heavy (non-hydrogen) atoms. The third-order valence-electron chi connectivity index (χ3n) is 2.22. The number of hydrogen-bond donors (Lipinski definition) is 0. The second-order valence-electron chi connectivity index (χ2n) is 3.64. The molecule has 0 bridgehead atoms. The van der Waals surface area contributed by atoms with E-state index < -0.39 is 17.6 Å². The molecule has 5 heteroatoms. The van der Waals surface area contributed by atoms with Crippen molar-refractivity contribution in [3.8, 4) is 6.07 Å². The Labute approximate surface area is 113 Å². The number of amides is 1. The molecule has 1 amide bonds. The van der Waals surface area contributed by atoms with E-state index in [0.29, 0.717) is 5.56 Å². The minimum Gasteiger partial charge on any atom is -0.347 e. The Morgan fingerprint density at radius 1 is 1.35 bits per heavy atom. The van der Waals surface area contributed by atoms with Gasteiger partial charge in [0.15, 0.2) is 11.7 Å². The number of nitriles is 1. The van der Waals surface area contributed by atoms with Crippen LogP contribution in [-0.4, -0.2) is 30.7 Å². The molecule has 1 rings (SSSR count). The van der Waals surface area contributed by atoms with Gasteiger partial charge in [-0.1, -0.05) is 18.2 Å². The molecule has 0 spiro atoms. The van der Waals surface area contributed by atoms with Crippen LogP contribution in [0.1, 0.15) is 10.4 Å². The normalized spacial score (nSPS) is 11.4. The molecule has 0 aromatic heterocycles. The van der Waals surface area contributed by atoms with E-state index in [2.05, 4.69) is 0 Å². The number of halogens is 1. The van der Waals surface area contributed by atoms with Crippen molar-refractivity contribution in [3.63, 3.8) is 0 Å². The number of benzene rings is 1. The number of nitrogens with zero attached hydrogens (tertiary/aromatic N) is 2. The van der Waals surface area contributed by atoms with Crippen molar-refractivity contribution < 1.29 is 9.59 Å². The summed E-state index contributed by atoms with van der Waals surface area (Å²) in [7, 11) is 3.05. The van der Waals surface area contributed by atoms with Crippen molar-refractivity contribution in [1.29, 1.82) is 5.26 Å². The molecule has 0 radical (unpaired) electrons. The van der Waals surface area contributed by atoms with E-state index in [1.54, 1.807) is 30.3 Å². The van der Waals surface area contributed by atoms with Gasteiger partial charge in [-0.2, -0.15) is 5.26 Å². The number of carbonyl (C=O) groups is 2. The van der Waals surface area contributed by atoms with Crippen molar-refractivity contribution in [3.05, 3.63) is 33.4 Å². The van der Waals surface area contributed by atoms with Gasteiger partial charge >= 0.3 is 0 Å². The number of carbonyl (C=O) groups excluding carboxylic acids is 2. The van der Waals surface area contributed by atoms with Crippen molar-refractivity contribution in [1.82, 2.24) is 4.90 Å². The maximum Gasteiger partial charge on any atom is 0.247 e. The number of ketones is 1. The molecule has 0 N–H and O–H groups in total. The molecule has 0 heterocycles. The molecular formula is C12H11IN2O2. The SMILES string of the molecule is CN(C)C(=O)C(C#N)C(=O)c1ccccc1I. The first-order valence-corrected chi connectivity index (χ1v) is 5.96. The topological polar surface area (TPSA) is 61.2 Å². The van der Waals surface area contributed by atoms with E-state index in [0.717, 1.165) is 3.57 Å². The maximum atomic E-state index is 12.1. The zero-order chi connectivity index (χ0) is 13.0. The van der Waals surface area contributed by atoms with Crippen LogP contribution in [0.25, 0.3) is 0 Å². The lowest BCUT2D eigenvalue weighted by molar-refractivity contribution is -0.129. The van der Waals surface area contributed by atoms with Gasteiger partial charge in [0, 0.05) is 23.2 Å². The maximum absolute atomic E-state index is 12.1. The summed E-state index contributed by atoms with van der Waals surface area (Å²) < 4.78 is 0.738. The Hall–Kier alpha value is -1.42. The van der Waals surface area contributed by atoms with Crippen LogP contribution in [0.3, 0.4) is 0 Å². The van der Waals surface area contributed by atoms with Gasteiger partial charge in [0.25, 0.3) is 0 Å². The van der Waals surface area contributed by atoms with E-state index in [9.17, 15) is 9.59 Å². The standard InChI is InChI=1S/C12H11IN2O2/c1-15(2)12(17)9(7-14)11(16)8-5-3-4-6-10(8)13/h3-6,9H,1-2H3. The first-order chi connectivity index (χ1) is 7.99. The van der Waals surface area contributed by atoms with Crippen molar-refractivity contribution in [2.24, 2.45) is 5.92 Å². The summed E-state index contributed by atoms with van der Waals surface area (Å²) in [5, 5.41) is 8.95. The Bertz CT molecular complexity index is 492. The summed E-state index contributed by atoms with van der Waals surface area (Å²) in [5.74, 6) is -2.20. The van der Waals surface area contributed by atoms with Crippen LogP contribution in [0.15, 0.2) is 24.3 Å². The van der Waals surface area contributed by atoms with Crippen LogP contribution in [0.4, 0.5) is 0 Å². The smallest absolute Gasteiger partial charge is 0.247 e. The molecule has 1 aromatic rings. The molecule has 0 aliphatic heterocycles. The molecule has 4 nitrogen and oxygen atoms in total. The molecule has 88 valence electrons. The molecule has 0 saturated carbocycles. The fraction of sp³-hybridized carbons (Fsp3) is 0.250. The van der Waals surface area contributed by atoms with Gasteiger partial charge in [0.2, 0.25) is 5.91 Å². The molecule has 1 unspecified atom stereocenters. The van der Waals surface area contributed by atoms with Crippen LogP contribution < -0.4 is 0 Å². The summed E-state index contributed by atoms with van der Waals surface area (Å²) in [4.78, 5) is 25.0. The van der Waals surface area contributed by atoms with E-state index in [1.165, 1.54) is 19.0 Å². The molecule has 0 saturated heterocycles. The van der Waals surface area contributed by atoms with Crippen molar-refractivity contribution in [2.45, 2.75) is 0 Å². The van der Waals surface area contributed by atoms with Crippen LogP contribution in [-0.2, 0) is 4.79 Å². The predicted octanol–water partition coefficient (Wildman–Crippen LogP) is 1.70. The molecule has 1 atom stereocenters. The van der Waals surface area contributed by atoms with Gasteiger partial charge in [-0.15, -0.1) is 0 Å². The largest absolute Gasteiger partial charge is 0.347 e. The van der Waals surface area contributed by atoms with E-state index in [4.69, 9.17) is 5.26 Å². The summed E-state index contributed by atoms with van der Waals surface area (Å²) in [6.07, 6.45) is 0. The quantitative estimate of drug-likeness (QED) is 0.477. The highest BCUT2D eigenvalue weighted by Crippen LogP contribution is 2.17. The van der Waals surface area contributed by atoms with Gasteiger partial charge in [0.05, 0.1) is 6.07 Å². The van der Waals surface area contributed by atoms with E-state index in [1.807, 2.05) is 22.6 Å². The highest BCUT2D eigenvalue weighted by molar-refractivity contribution is 14.1. The third kappa shape index (κ3) is 3.03. The first kappa shape index (κ1) is 13.6. The average Bonchev–Trinajstić information content (AvgIpc) is 2.30. The van der Waals surface area contributed by atoms with Crippen molar-refractivity contribution in [2.75, 3.05) is 14.1 Å². The molecule has 0 aliphatic rings. The summed E-state index contributed by atoms with van der Waals surface area (Å²) >= 11 is 2.01. The summed E-state index contributed by atoms with van der Waals surface area (Å²) in [6, 6.07) is 8.66. The molecule has 0 aliphatic carbocycles.